The molecule has 1 rings (SSSR count). The fraction of sp³-hybridized carbons (Fsp3) is 0.375. The van der Waals surface area contributed by atoms with Gasteiger partial charge in [0.2, 0.25) is 0 Å². The van der Waals surface area contributed by atoms with Crippen LogP contribution in [0.3, 0.4) is 0 Å². The molecule has 1 nitrogen and oxygen atoms in total. The van der Waals surface area contributed by atoms with Gasteiger partial charge in [0.1, 0.15) is 5.03 Å². The van der Waals surface area contributed by atoms with E-state index in [1.807, 2.05) is 0 Å². The lowest BCUT2D eigenvalue weighted by molar-refractivity contribution is 1.08. The molecule has 0 bridgehead atoms. The monoisotopic (exact) mass is 186 g/mol. The third kappa shape index (κ3) is 3.12. The molecule has 1 aromatic heterocycles. The standard InChI is InChI=1S/C8H9ClNS/c1-2-5-11-8-6-7(9)3-4-10-8/h3-4H,2,5H2,1H3. The first kappa shape index (κ1) is 8.88. The summed E-state index contributed by atoms with van der Waals surface area (Å²) in [7, 11) is 0. The van der Waals surface area contributed by atoms with Crippen molar-refractivity contribution in [2.24, 2.45) is 0 Å². The summed E-state index contributed by atoms with van der Waals surface area (Å²) in [4.78, 5) is 4.10. The largest absolute Gasteiger partial charge is 0.249 e. The Kier molecular flexibility index (Phi) is 3.73. The fourth-order valence-electron chi connectivity index (χ4n) is 0.619. The van der Waals surface area contributed by atoms with Crippen molar-refractivity contribution in [2.45, 2.75) is 18.4 Å². The topological polar surface area (TPSA) is 12.9 Å². The molecule has 0 saturated carbocycles. The average molecular weight is 187 g/mol. The highest BCUT2D eigenvalue weighted by Crippen LogP contribution is 2.18. The lowest BCUT2D eigenvalue weighted by Crippen LogP contribution is -1.80. The molecule has 0 fully saturated rings. The number of thioether (sulfide) groups is 1. The first-order valence-corrected chi connectivity index (χ1v) is 4.86. The second kappa shape index (κ2) is 4.62. The Bertz CT molecular complexity index is 227. The molecule has 0 N–H and O–H groups in total. The summed E-state index contributed by atoms with van der Waals surface area (Å²) in [5.74, 6) is 1.07. The molecule has 0 aliphatic carbocycles. The molecule has 1 aromatic rings. The van der Waals surface area contributed by atoms with E-state index >= 15 is 0 Å². The van der Waals surface area contributed by atoms with E-state index in [1.54, 1.807) is 24.0 Å². The number of hydrogen-bond acceptors (Lipinski definition) is 2. The molecule has 0 saturated heterocycles. The van der Waals surface area contributed by atoms with Crippen LogP contribution in [-0.4, -0.2) is 10.7 Å². The van der Waals surface area contributed by atoms with Crippen LogP contribution in [0.15, 0.2) is 17.3 Å². The van der Waals surface area contributed by atoms with Crippen molar-refractivity contribution in [3.05, 3.63) is 23.4 Å². The highest BCUT2D eigenvalue weighted by atomic mass is 35.5. The molecule has 0 aliphatic rings. The Labute approximate surface area is 76.2 Å². The van der Waals surface area contributed by atoms with Gasteiger partial charge in [0.25, 0.3) is 0 Å². The number of nitrogens with zero attached hydrogens (tertiary/aromatic N) is 1. The van der Waals surface area contributed by atoms with Gasteiger partial charge in [-0.3, -0.25) is 0 Å². The van der Waals surface area contributed by atoms with E-state index in [9.17, 15) is 0 Å². The van der Waals surface area contributed by atoms with Crippen molar-refractivity contribution in [3.63, 3.8) is 0 Å². The normalized spacial score (nSPS) is 10.0. The van der Waals surface area contributed by atoms with E-state index in [-0.39, 0.29) is 0 Å². The molecule has 1 heterocycles. The lowest BCUT2D eigenvalue weighted by atomic mass is 10.5. The number of aromatic nitrogens is 1. The van der Waals surface area contributed by atoms with Gasteiger partial charge in [-0.05, 0) is 18.2 Å². The third-order valence-electron chi connectivity index (χ3n) is 1.08. The Hall–Kier alpha value is -0.210. The van der Waals surface area contributed by atoms with E-state index in [1.165, 1.54) is 0 Å². The third-order valence-corrected chi connectivity index (χ3v) is 2.40. The van der Waals surface area contributed by atoms with Crippen LogP contribution in [0.25, 0.3) is 0 Å². The van der Waals surface area contributed by atoms with E-state index in [0.29, 0.717) is 5.02 Å². The quantitative estimate of drug-likeness (QED) is 0.674. The molecule has 0 aromatic carbocycles. The predicted octanol–water partition coefficient (Wildman–Crippen LogP) is 3.04. The summed E-state index contributed by atoms with van der Waals surface area (Å²) in [5, 5.41) is 1.53. The van der Waals surface area contributed by atoms with Crippen molar-refractivity contribution in [2.75, 3.05) is 5.75 Å². The molecule has 0 aliphatic heterocycles. The number of rotatable bonds is 3. The van der Waals surface area contributed by atoms with Gasteiger partial charge in [-0.15, -0.1) is 11.8 Å². The van der Waals surface area contributed by atoms with Gasteiger partial charge in [-0.25, -0.2) is 4.98 Å². The molecule has 0 atom stereocenters. The lowest BCUT2D eigenvalue weighted by Gasteiger charge is -1.96. The van der Waals surface area contributed by atoms with Crippen molar-refractivity contribution < 1.29 is 0 Å². The van der Waals surface area contributed by atoms with E-state index in [0.717, 1.165) is 17.2 Å². The first-order valence-electron chi connectivity index (χ1n) is 3.49. The minimum atomic E-state index is 0.638. The summed E-state index contributed by atoms with van der Waals surface area (Å²) in [6, 6.07) is 4.69. The minimum Gasteiger partial charge on any atom is -0.249 e. The molecule has 0 spiro atoms. The van der Waals surface area contributed by atoms with Crippen LogP contribution in [0.2, 0.25) is 5.02 Å². The van der Waals surface area contributed by atoms with Crippen LogP contribution in [0.4, 0.5) is 0 Å². The zero-order valence-corrected chi connectivity index (χ0v) is 7.87. The molecule has 3 heteroatoms. The van der Waals surface area contributed by atoms with Gasteiger partial charge < -0.3 is 0 Å². The Morgan fingerprint density at radius 3 is 3.18 bits per heavy atom. The van der Waals surface area contributed by atoms with Crippen LogP contribution in [-0.2, 0) is 0 Å². The van der Waals surface area contributed by atoms with Crippen LogP contribution >= 0.6 is 23.4 Å². The van der Waals surface area contributed by atoms with Crippen molar-refractivity contribution in [1.29, 1.82) is 0 Å². The van der Waals surface area contributed by atoms with Gasteiger partial charge in [0, 0.05) is 12.3 Å². The maximum Gasteiger partial charge on any atom is 0.105 e. The van der Waals surface area contributed by atoms with Crippen LogP contribution in [0.5, 0.6) is 0 Å². The van der Waals surface area contributed by atoms with Gasteiger partial charge in [0.15, 0.2) is 0 Å². The molecule has 0 amide bonds. The van der Waals surface area contributed by atoms with Gasteiger partial charge >= 0.3 is 0 Å². The fourth-order valence-corrected chi connectivity index (χ4v) is 1.54. The van der Waals surface area contributed by atoms with E-state index < -0.39 is 0 Å². The first-order chi connectivity index (χ1) is 5.33. The van der Waals surface area contributed by atoms with Crippen molar-refractivity contribution in [1.82, 2.24) is 4.98 Å². The Balaban J connectivity index is 2.56. The van der Waals surface area contributed by atoms with Crippen molar-refractivity contribution >= 4 is 23.4 Å². The molecular formula is C8H9ClNS. The SMILES string of the molecule is CCCSc1[c]c(Cl)ccn1. The van der Waals surface area contributed by atoms with E-state index in [4.69, 9.17) is 11.6 Å². The van der Waals surface area contributed by atoms with Crippen LogP contribution in [0.1, 0.15) is 13.3 Å². The highest BCUT2D eigenvalue weighted by molar-refractivity contribution is 7.99. The van der Waals surface area contributed by atoms with Crippen LogP contribution < -0.4 is 0 Å². The number of hydrogen-bond donors (Lipinski definition) is 0. The maximum absolute atomic E-state index is 5.71. The second-order valence-corrected chi connectivity index (χ2v) is 3.56. The van der Waals surface area contributed by atoms with Crippen LogP contribution in [0, 0.1) is 6.07 Å². The number of halogens is 1. The summed E-state index contributed by atoms with van der Waals surface area (Å²) in [5.41, 5.74) is 0. The minimum absolute atomic E-state index is 0.638. The number of pyridine rings is 1. The summed E-state index contributed by atoms with van der Waals surface area (Å²) in [6.45, 7) is 2.14. The zero-order chi connectivity index (χ0) is 8.10. The molecule has 1 radical (unpaired) electrons. The Morgan fingerprint density at radius 1 is 1.73 bits per heavy atom. The summed E-state index contributed by atoms with van der Waals surface area (Å²) < 4.78 is 0. The average Bonchev–Trinajstić information content (AvgIpc) is 2.01. The summed E-state index contributed by atoms with van der Waals surface area (Å²) in [6.07, 6.45) is 2.85. The molecular weight excluding hydrogens is 178 g/mol. The van der Waals surface area contributed by atoms with Gasteiger partial charge in [-0.2, -0.15) is 0 Å². The van der Waals surface area contributed by atoms with Gasteiger partial charge in [-0.1, -0.05) is 18.5 Å². The smallest absolute Gasteiger partial charge is 0.105 e. The summed E-state index contributed by atoms with van der Waals surface area (Å²) >= 11 is 7.40. The van der Waals surface area contributed by atoms with Gasteiger partial charge in [0.05, 0.1) is 5.02 Å². The molecule has 59 valence electrons. The molecule has 11 heavy (non-hydrogen) atoms. The second-order valence-electron chi connectivity index (χ2n) is 2.07. The zero-order valence-electron chi connectivity index (χ0n) is 6.30. The Morgan fingerprint density at radius 2 is 2.55 bits per heavy atom. The van der Waals surface area contributed by atoms with E-state index in [2.05, 4.69) is 18.0 Å². The van der Waals surface area contributed by atoms with Crippen molar-refractivity contribution in [3.8, 4) is 0 Å². The maximum atomic E-state index is 5.71. The molecule has 0 unspecified atom stereocenters. The highest BCUT2D eigenvalue weighted by Gasteiger charge is 1.94. The predicted molar refractivity (Wildman–Crippen MR) is 49.1 cm³/mol.